The van der Waals surface area contributed by atoms with Crippen LogP contribution in [-0.2, 0) is 6.54 Å². The highest BCUT2D eigenvalue weighted by Gasteiger charge is 2.36. The molecule has 1 fully saturated rings. The smallest absolute Gasteiger partial charge is 0.0872 e. The second-order valence-electron chi connectivity index (χ2n) is 4.38. The quantitative estimate of drug-likeness (QED) is 0.866. The highest BCUT2D eigenvalue weighted by Crippen LogP contribution is 2.26. The molecular weight excluding hydrogens is 233 g/mol. The van der Waals surface area contributed by atoms with Crippen LogP contribution in [0.15, 0.2) is 18.2 Å². The summed E-state index contributed by atoms with van der Waals surface area (Å²) in [6, 6.07) is 5.45. The van der Waals surface area contributed by atoms with E-state index >= 15 is 0 Å². The molecule has 4 heteroatoms. The molecule has 2 rings (SSSR count). The summed E-state index contributed by atoms with van der Waals surface area (Å²) in [5.41, 5.74) is 0.477. The molecule has 15 heavy (non-hydrogen) atoms. The van der Waals surface area contributed by atoms with E-state index < -0.39 is 5.60 Å². The Morgan fingerprint density at radius 2 is 2.07 bits per heavy atom. The van der Waals surface area contributed by atoms with Gasteiger partial charge in [-0.05, 0) is 30.7 Å². The largest absolute Gasteiger partial charge is 0.388 e. The molecule has 1 heterocycles. The van der Waals surface area contributed by atoms with Crippen molar-refractivity contribution in [1.82, 2.24) is 4.90 Å². The van der Waals surface area contributed by atoms with Gasteiger partial charge in [0, 0.05) is 29.7 Å². The summed E-state index contributed by atoms with van der Waals surface area (Å²) < 4.78 is 0. The zero-order valence-corrected chi connectivity index (χ0v) is 10.0. The molecule has 0 atom stereocenters. The molecule has 0 aromatic heterocycles. The van der Waals surface area contributed by atoms with E-state index in [1.165, 1.54) is 0 Å². The van der Waals surface area contributed by atoms with Crippen LogP contribution in [0.5, 0.6) is 0 Å². The third-order valence-electron chi connectivity index (χ3n) is 2.53. The molecule has 0 spiro atoms. The molecule has 1 aromatic carbocycles. The molecule has 0 radical (unpaired) electrons. The van der Waals surface area contributed by atoms with Crippen molar-refractivity contribution in [3.63, 3.8) is 0 Å². The Kier molecular flexibility index (Phi) is 2.95. The van der Waals surface area contributed by atoms with Crippen molar-refractivity contribution in [3.8, 4) is 0 Å². The summed E-state index contributed by atoms with van der Waals surface area (Å²) >= 11 is 11.9. The second kappa shape index (κ2) is 3.95. The summed E-state index contributed by atoms with van der Waals surface area (Å²) in [5, 5.41) is 11.0. The van der Waals surface area contributed by atoms with Gasteiger partial charge in [0.15, 0.2) is 0 Å². The number of β-amino-alcohol motifs (C(OH)–C–C–N with tert-alkyl or cyclic N) is 1. The number of likely N-dealkylation sites (tertiary alicyclic amines) is 1. The van der Waals surface area contributed by atoms with Gasteiger partial charge in [0.2, 0.25) is 0 Å². The minimum absolute atomic E-state index is 0.537. The van der Waals surface area contributed by atoms with Gasteiger partial charge >= 0.3 is 0 Å². The molecular formula is C11H13Cl2NO. The van der Waals surface area contributed by atoms with Crippen LogP contribution in [0.1, 0.15) is 12.5 Å². The van der Waals surface area contributed by atoms with E-state index in [0.29, 0.717) is 18.1 Å². The third-order valence-corrected chi connectivity index (χ3v) is 3.13. The van der Waals surface area contributed by atoms with Crippen molar-refractivity contribution in [1.29, 1.82) is 0 Å². The van der Waals surface area contributed by atoms with Gasteiger partial charge in [0.25, 0.3) is 0 Å². The van der Waals surface area contributed by atoms with Gasteiger partial charge in [-0.2, -0.15) is 0 Å². The monoisotopic (exact) mass is 245 g/mol. The molecule has 0 aliphatic carbocycles. The highest BCUT2D eigenvalue weighted by atomic mass is 35.5. The molecule has 0 amide bonds. The topological polar surface area (TPSA) is 23.5 Å². The van der Waals surface area contributed by atoms with E-state index in [1.54, 1.807) is 12.1 Å². The van der Waals surface area contributed by atoms with Gasteiger partial charge < -0.3 is 5.11 Å². The number of benzene rings is 1. The maximum absolute atomic E-state index is 9.58. The lowest BCUT2D eigenvalue weighted by Gasteiger charge is -2.44. The Hall–Kier alpha value is -0.280. The molecule has 82 valence electrons. The van der Waals surface area contributed by atoms with E-state index in [4.69, 9.17) is 23.2 Å². The molecule has 1 aromatic rings. The lowest BCUT2D eigenvalue weighted by Crippen LogP contribution is -2.59. The van der Waals surface area contributed by atoms with Crippen LogP contribution < -0.4 is 0 Å². The maximum Gasteiger partial charge on any atom is 0.0872 e. The van der Waals surface area contributed by atoms with Gasteiger partial charge in [0.05, 0.1) is 5.60 Å². The predicted molar refractivity (Wildman–Crippen MR) is 62.4 cm³/mol. The molecule has 0 saturated carbocycles. The predicted octanol–water partition coefficient (Wildman–Crippen LogP) is 2.56. The zero-order valence-electron chi connectivity index (χ0n) is 8.50. The molecule has 0 unspecified atom stereocenters. The number of halogens is 2. The Morgan fingerprint density at radius 1 is 1.40 bits per heavy atom. The minimum Gasteiger partial charge on any atom is -0.388 e. The average Bonchev–Trinajstić information content (AvgIpc) is 2.08. The van der Waals surface area contributed by atoms with Crippen molar-refractivity contribution in [3.05, 3.63) is 33.8 Å². The van der Waals surface area contributed by atoms with Gasteiger partial charge in [-0.3, -0.25) is 4.90 Å². The molecule has 0 bridgehead atoms. The van der Waals surface area contributed by atoms with Crippen molar-refractivity contribution in [2.45, 2.75) is 19.1 Å². The summed E-state index contributed by atoms with van der Waals surface area (Å²) in [6.45, 7) is 3.96. The number of rotatable bonds is 2. The van der Waals surface area contributed by atoms with Crippen LogP contribution in [-0.4, -0.2) is 28.7 Å². The summed E-state index contributed by atoms with van der Waals surface area (Å²) in [5.74, 6) is 0. The summed E-state index contributed by atoms with van der Waals surface area (Å²) in [6.07, 6.45) is 0. The fourth-order valence-corrected chi connectivity index (χ4v) is 2.31. The van der Waals surface area contributed by atoms with Crippen molar-refractivity contribution in [2.75, 3.05) is 13.1 Å². The normalized spacial score (nSPS) is 20.0. The number of nitrogens with zero attached hydrogens (tertiary/aromatic N) is 1. The average molecular weight is 246 g/mol. The fourth-order valence-electron chi connectivity index (χ4n) is 1.93. The summed E-state index contributed by atoms with van der Waals surface area (Å²) in [7, 11) is 0. The number of aliphatic hydroxyl groups is 1. The highest BCUT2D eigenvalue weighted by molar-refractivity contribution is 6.33. The first-order valence-corrected chi connectivity index (χ1v) is 5.60. The minimum atomic E-state index is -0.537. The van der Waals surface area contributed by atoms with Crippen molar-refractivity contribution in [2.24, 2.45) is 0 Å². The maximum atomic E-state index is 9.58. The van der Waals surface area contributed by atoms with E-state index in [0.717, 1.165) is 17.1 Å². The van der Waals surface area contributed by atoms with E-state index in [2.05, 4.69) is 4.90 Å². The lowest BCUT2D eigenvalue weighted by atomic mass is 9.96. The van der Waals surface area contributed by atoms with Gasteiger partial charge in [-0.1, -0.05) is 23.2 Å². The van der Waals surface area contributed by atoms with Crippen LogP contribution in [0.25, 0.3) is 0 Å². The Balaban J connectivity index is 2.03. The van der Waals surface area contributed by atoms with Crippen LogP contribution in [0.4, 0.5) is 0 Å². The number of hydrogen-bond donors (Lipinski definition) is 1. The number of hydrogen-bond acceptors (Lipinski definition) is 2. The SMILES string of the molecule is CC1(O)CN(Cc2cc(Cl)ccc2Cl)C1. The molecule has 1 saturated heterocycles. The van der Waals surface area contributed by atoms with E-state index in [1.807, 2.05) is 13.0 Å². The molecule has 2 nitrogen and oxygen atoms in total. The molecule has 1 N–H and O–H groups in total. The fraction of sp³-hybridized carbons (Fsp3) is 0.455. The van der Waals surface area contributed by atoms with Gasteiger partial charge in [-0.15, -0.1) is 0 Å². The Morgan fingerprint density at radius 3 is 2.67 bits per heavy atom. The van der Waals surface area contributed by atoms with Crippen molar-refractivity contribution < 1.29 is 5.11 Å². The first-order valence-electron chi connectivity index (χ1n) is 4.85. The zero-order chi connectivity index (χ0) is 11.1. The molecule has 1 aliphatic heterocycles. The lowest BCUT2D eigenvalue weighted by molar-refractivity contribution is -0.0871. The van der Waals surface area contributed by atoms with E-state index in [9.17, 15) is 5.11 Å². The second-order valence-corrected chi connectivity index (χ2v) is 5.22. The van der Waals surface area contributed by atoms with E-state index in [-0.39, 0.29) is 0 Å². The Labute approximate surface area is 99.4 Å². The van der Waals surface area contributed by atoms with Crippen LogP contribution in [0, 0.1) is 0 Å². The summed E-state index contributed by atoms with van der Waals surface area (Å²) in [4.78, 5) is 2.14. The van der Waals surface area contributed by atoms with Crippen LogP contribution >= 0.6 is 23.2 Å². The first-order chi connectivity index (χ1) is 6.96. The first kappa shape index (κ1) is 11.2. The van der Waals surface area contributed by atoms with Gasteiger partial charge in [-0.25, -0.2) is 0 Å². The molecule has 1 aliphatic rings. The van der Waals surface area contributed by atoms with Crippen molar-refractivity contribution >= 4 is 23.2 Å². The van der Waals surface area contributed by atoms with Crippen LogP contribution in [0.3, 0.4) is 0 Å². The Bertz CT molecular complexity index is 371. The van der Waals surface area contributed by atoms with Gasteiger partial charge in [0.1, 0.15) is 0 Å². The standard InChI is InChI=1S/C11H13Cl2NO/c1-11(15)6-14(7-11)5-8-4-9(12)2-3-10(8)13/h2-4,15H,5-7H2,1H3. The third kappa shape index (κ3) is 2.64. The van der Waals surface area contributed by atoms with Crippen LogP contribution in [0.2, 0.25) is 10.0 Å².